The van der Waals surface area contributed by atoms with E-state index in [0.29, 0.717) is 4.88 Å². The van der Waals surface area contributed by atoms with Crippen LogP contribution in [0.4, 0.5) is 0 Å². The van der Waals surface area contributed by atoms with Crippen LogP contribution >= 0.6 is 11.3 Å². The molecule has 7 heteroatoms. The third kappa shape index (κ3) is 1.85. The Kier molecular flexibility index (Phi) is 2.96. The van der Waals surface area contributed by atoms with Crippen molar-refractivity contribution in [1.29, 1.82) is 0 Å². The molecule has 5 nitrogen and oxygen atoms in total. The molecule has 2 heterocycles. The van der Waals surface area contributed by atoms with E-state index >= 15 is 0 Å². The Morgan fingerprint density at radius 2 is 2.24 bits per heavy atom. The third-order valence-electron chi connectivity index (χ3n) is 2.39. The van der Waals surface area contributed by atoms with E-state index in [-0.39, 0.29) is 17.2 Å². The number of rotatable bonds is 2. The fourth-order valence-corrected chi connectivity index (χ4v) is 4.01. The predicted molar refractivity (Wildman–Crippen MR) is 63.9 cm³/mol. The van der Waals surface area contributed by atoms with Crippen LogP contribution in [-0.2, 0) is 19.6 Å². The van der Waals surface area contributed by atoms with Crippen molar-refractivity contribution in [2.24, 2.45) is 0 Å². The average Bonchev–Trinajstić information content (AvgIpc) is 2.73. The van der Waals surface area contributed by atoms with E-state index < -0.39 is 16.0 Å². The van der Waals surface area contributed by atoms with E-state index in [2.05, 4.69) is 0 Å². The van der Waals surface area contributed by atoms with Crippen LogP contribution in [0.1, 0.15) is 11.8 Å². The van der Waals surface area contributed by atoms with Gasteiger partial charge in [0.15, 0.2) is 0 Å². The van der Waals surface area contributed by atoms with Crippen molar-refractivity contribution in [1.82, 2.24) is 4.31 Å². The first-order valence-electron chi connectivity index (χ1n) is 4.93. The SMILES string of the molecule is CCOC(=O)C1=Cc2sccc2S(=O)(=O)N1C. The minimum absolute atomic E-state index is 0.0433. The minimum atomic E-state index is -3.62. The molecule has 1 aromatic rings. The minimum Gasteiger partial charge on any atom is -0.461 e. The second kappa shape index (κ2) is 4.15. The van der Waals surface area contributed by atoms with Crippen molar-refractivity contribution in [2.45, 2.75) is 11.8 Å². The molecule has 0 unspecified atom stereocenters. The first-order chi connectivity index (χ1) is 7.98. The van der Waals surface area contributed by atoms with Gasteiger partial charge in [-0.2, -0.15) is 0 Å². The van der Waals surface area contributed by atoms with Crippen molar-refractivity contribution >= 4 is 33.4 Å². The maximum Gasteiger partial charge on any atom is 0.355 e. The Balaban J connectivity index is 2.54. The van der Waals surface area contributed by atoms with Gasteiger partial charge in [-0.25, -0.2) is 13.2 Å². The zero-order chi connectivity index (χ0) is 12.6. The number of nitrogens with zero attached hydrogens (tertiary/aromatic N) is 1. The number of hydrogen-bond acceptors (Lipinski definition) is 5. The number of carbonyl (C=O) groups excluding carboxylic acids is 1. The van der Waals surface area contributed by atoms with E-state index in [0.717, 1.165) is 4.31 Å². The molecule has 0 aliphatic carbocycles. The molecular weight excluding hydrogens is 262 g/mol. The molecule has 0 aromatic carbocycles. The van der Waals surface area contributed by atoms with Gasteiger partial charge in [-0.3, -0.25) is 4.31 Å². The van der Waals surface area contributed by atoms with Crippen molar-refractivity contribution in [3.8, 4) is 0 Å². The van der Waals surface area contributed by atoms with Gasteiger partial charge < -0.3 is 4.74 Å². The van der Waals surface area contributed by atoms with Gasteiger partial charge in [0.25, 0.3) is 10.0 Å². The number of ether oxygens (including phenoxy) is 1. The van der Waals surface area contributed by atoms with Gasteiger partial charge in [0.2, 0.25) is 0 Å². The standard InChI is InChI=1S/C10H11NO4S2/c1-3-15-10(12)7-6-8-9(4-5-16-8)17(13,14)11(7)2/h4-6H,3H2,1-2H3. The molecule has 1 aliphatic heterocycles. The smallest absolute Gasteiger partial charge is 0.355 e. The summed E-state index contributed by atoms with van der Waals surface area (Å²) in [4.78, 5) is 12.4. The van der Waals surface area contributed by atoms with Crippen molar-refractivity contribution in [3.63, 3.8) is 0 Å². The van der Waals surface area contributed by atoms with Gasteiger partial charge in [-0.15, -0.1) is 11.3 Å². The third-order valence-corrected chi connectivity index (χ3v) is 5.21. The molecule has 1 aliphatic rings. The molecule has 92 valence electrons. The number of hydrogen-bond donors (Lipinski definition) is 0. The van der Waals surface area contributed by atoms with Crippen molar-refractivity contribution in [3.05, 3.63) is 22.0 Å². The largest absolute Gasteiger partial charge is 0.461 e. The van der Waals surface area contributed by atoms with Gasteiger partial charge >= 0.3 is 5.97 Å². The lowest BCUT2D eigenvalue weighted by atomic mass is 10.3. The lowest BCUT2D eigenvalue weighted by Crippen LogP contribution is -2.33. The summed E-state index contributed by atoms with van der Waals surface area (Å²) in [6.07, 6.45) is 1.54. The highest BCUT2D eigenvalue weighted by Gasteiger charge is 2.34. The molecule has 0 saturated carbocycles. The van der Waals surface area contributed by atoms with E-state index in [4.69, 9.17) is 4.74 Å². The van der Waals surface area contributed by atoms with Crippen LogP contribution in [0.25, 0.3) is 6.08 Å². The zero-order valence-electron chi connectivity index (χ0n) is 9.34. The lowest BCUT2D eigenvalue weighted by Gasteiger charge is -2.24. The zero-order valence-corrected chi connectivity index (χ0v) is 11.0. The van der Waals surface area contributed by atoms with Crippen molar-refractivity contribution < 1.29 is 17.9 Å². The fraction of sp³-hybridized carbons (Fsp3) is 0.300. The number of thiophene rings is 1. The Hall–Kier alpha value is -1.34. The van der Waals surface area contributed by atoms with E-state index in [1.807, 2.05) is 0 Å². The van der Waals surface area contributed by atoms with Crippen LogP contribution in [-0.4, -0.2) is 32.3 Å². The molecule has 0 bridgehead atoms. The second-order valence-electron chi connectivity index (χ2n) is 3.37. The van der Waals surface area contributed by atoms with Crippen LogP contribution in [0.2, 0.25) is 0 Å². The molecule has 0 N–H and O–H groups in total. The van der Waals surface area contributed by atoms with Gasteiger partial charge in [0, 0.05) is 11.9 Å². The van der Waals surface area contributed by atoms with Gasteiger partial charge in [0.05, 0.1) is 6.61 Å². The Bertz CT molecular complexity index is 585. The number of likely N-dealkylation sites (N-methyl/N-ethyl adjacent to an activating group) is 1. The maximum atomic E-state index is 12.1. The van der Waals surface area contributed by atoms with E-state index in [1.165, 1.54) is 24.5 Å². The summed E-state index contributed by atoms with van der Waals surface area (Å²) in [5, 5.41) is 1.68. The molecule has 2 rings (SSSR count). The van der Waals surface area contributed by atoms with Crippen LogP contribution in [0.3, 0.4) is 0 Å². The first kappa shape index (κ1) is 12.1. The predicted octanol–water partition coefficient (Wildman–Crippen LogP) is 1.29. The highest BCUT2D eigenvalue weighted by Crippen LogP contribution is 2.33. The summed E-state index contributed by atoms with van der Waals surface area (Å²) in [6.45, 7) is 1.88. The molecule has 0 radical (unpaired) electrons. The molecule has 0 spiro atoms. The summed E-state index contributed by atoms with van der Waals surface area (Å²) < 4.78 is 29.9. The molecule has 0 saturated heterocycles. The van der Waals surface area contributed by atoms with Gasteiger partial charge in [-0.05, 0) is 24.4 Å². The van der Waals surface area contributed by atoms with Crippen LogP contribution in [0, 0.1) is 0 Å². The van der Waals surface area contributed by atoms with Crippen LogP contribution in [0.5, 0.6) is 0 Å². The van der Waals surface area contributed by atoms with Crippen LogP contribution in [0.15, 0.2) is 22.0 Å². The van der Waals surface area contributed by atoms with Gasteiger partial charge in [-0.1, -0.05) is 0 Å². The normalized spacial score (nSPS) is 17.3. The average molecular weight is 273 g/mol. The monoisotopic (exact) mass is 273 g/mol. The molecule has 17 heavy (non-hydrogen) atoms. The van der Waals surface area contributed by atoms with Crippen LogP contribution < -0.4 is 0 Å². The molecule has 1 aromatic heterocycles. The van der Waals surface area contributed by atoms with Crippen molar-refractivity contribution in [2.75, 3.05) is 13.7 Å². The summed E-state index contributed by atoms with van der Waals surface area (Å²) in [6, 6.07) is 1.53. The molecular formula is C10H11NO4S2. The first-order valence-corrected chi connectivity index (χ1v) is 7.25. The number of sulfonamides is 1. The fourth-order valence-electron chi connectivity index (χ4n) is 1.51. The van der Waals surface area contributed by atoms with E-state index in [1.54, 1.807) is 18.4 Å². The van der Waals surface area contributed by atoms with E-state index in [9.17, 15) is 13.2 Å². The number of carbonyl (C=O) groups is 1. The summed E-state index contributed by atoms with van der Waals surface area (Å²) >= 11 is 1.28. The van der Waals surface area contributed by atoms with Gasteiger partial charge in [0.1, 0.15) is 10.6 Å². The maximum absolute atomic E-state index is 12.1. The summed E-state index contributed by atoms with van der Waals surface area (Å²) in [5.74, 6) is -0.627. The molecule has 0 amide bonds. The molecule has 0 fully saturated rings. The highest BCUT2D eigenvalue weighted by atomic mass is 32.2. The number of esters is 1. The topological polar surface area (TPSA) is 63.7 Å². The quantitative estimate of drug-likeness (QED) is 0.762. The lowest BCUT2D eigenvalue weighted by molar-refractivity contribution is -0.139. The summed E-state index contributed by atoms with van der Waals surface area (Å²) in [5.41, 5.74) is 0.0433. The second-order valence-corrected chi connectivity index (χ2v) is 6.26. The Morgan fingerprint density at radius 3 is 2.88 bits per heavy atom. The molecule has 0 atom stereocenters. The number of fused-ring (bicyclic) bond motifs is 1. The Morgan fingerprint density at radius 1 is 1.53 bits per heavy atom. The summed E-state index contributed by atoms with van der Waals surface area (Å²) in [7, 11) is -2.27. The Labute approximate surface area is 103 Å². The highest BCUT2D eigenvalue weighted by molar-refractivity contribution is 7.89.